The first-order valence-electron chi connectivity index (χ1n) is 6.05. The molecule has 0 spiro atoms. The number of nitrogens with zero attached hydrogens (tertiary/aromatic N) is 2. The fourth-order valence-corrected chi connectivity index (χ4v) is 3.15. The van der Waals surface area contributed by atoms with Gasteiger partial charge in [0.25, 0.3) is 0 Å². The number of hydrogen-bond acceptors (Lipinski definition) is 5. The molecule has 5 nitrogen and oxygen atoms in total. The van der Waals surface area contributed by atoms with E-state index in [1.807, 2.05) is 24.3 Å². The Hall–Kier alpha value is -2.08. The third kappa shape index (κ3) is 2.02. The smallest absolute Gasteiger partial charge is 0.332 e. The molecule has 0 saturated heterocycles. The Labute approximate surface area is 119 Å². The normalized spacial score (nSPS) is 21.9. The summed E-state index contributed by atoms with van der Waals surface area (Å²) in [7, 11) is 0. The maximum Gasteiger partial charge on any atom is 0.332 e. The number of aromatic hydroxyl groups is 1. The molecule has 102 valence electrons. The molecule has 0 bridgehead atoms. The Bertz CT molecular complexity index is 744. The van der Waals surface area contributed by atoms with Crippen LogP contribution >= 0.6 is 11.8 Å². The topological polar surface area (TPSA) is 82.8 Å². The van der Waals surface area contributed by atoms with Crippen molar-refractivity contribution >= 4 is 33.7 Å². The maximum absolute atomic E-state index is 11.2. The molecule has 0 fully saturated rings. The molecule has 1 unspecified atom stereocenters. The number of thioether (sulfide) groups is 1. The number of aliphatic imine (C=N–C) groups is 1. The molecule has 0 amide bonds. The highest BCUT2D eigenvalue weighted by Gasteiger charge is 2.39. The first-order valence-corrected chi connectivity index (χ1v) is 7.03. The van der Waals surface area contributed by atoms with Crippen LogP contribution < -0.4 is 0 Å². The van der Waals surface area contributed by atoms with E-state index in [4.69, 9.17) is 0 Å². The van der Waals surface area contributed by atoms with Gasteiger partial charge in [0, 0.05) is 11.1 Å². The third-order valence-electron chi connectivity index (χ3n) is 3.21. The number of carbonyl (C=O) groups is 1. The quantitative estimate of drug-likeness (QED) is 0.885. The lowest BCUT2D eigenvalue weighted by molar-refractivity contribution is -0.141. The zero-order valence-electron chi connectivity index (χ0n) is 10.7. The molecule has 1 aromatic carbocycles. The van der Waals surface area contributed by atoms with Crippen molar-refractivity contribution in [2.75, 3.05) is 5.75 Å². The molecule has 3 rings (SSSR count). The highest BCUT2D eigenvalue weighted by atomic mass is 32.2. The van der Waals surface area contributed by atoms with Gasteiger partial charge in [0.2, 0.25) is 0 Å². The van der Waals surface area contributed by atoms with E-state index in [0.29, 0.717) is 16.5 Å². The van der Waals surface area contributed by atoms with Gasteiger partial charge in [-0.15, -0.1) is 11.8 Å². The number of hydrogen-bond donors (Lipinski definition) is 2. The summed E-state index contributed by atoms with van der Waals surface area (Å²) in [4.78, 5) is 19.8. The molecular formula is C14H12N2O3S. The molecule has 1 aromatic heterocycles. The van der Waals surface area contributed by atoms with Gasteiger partial charge < -0.3 is 10.2 Å². The van der Waals surface area contributed by atoms with E-state index < -0.39 is 11.5 Å². The van der Waals surface area contributed by atoms with Crippen molar-refractivity contribution in [3.63, 3.8) is 0 Å². The molecule has 1 atom stereocenters. The Balaban J connectivity index is 2.11. The standard InChI is InChI=1S/C14H12N2O3S/c1-14(13(18)19)7-20-12(16-14)11-10(17)6-8-4-2-3-5-9(8)15-11/h2-6,17H,7H2,1H3,(H,18,19). The van der Waals surface area contributed by atoms with Crippen LogP contribution in [0.3, 0.4) is 0 Å². The van der Waals surface area contributed by atoms with Crippen molar-refractivity contribution < 1.29 is 15.0 Å². The number of pyridine rings is 1. The lowest BCUT2D eigenvalue weighted by atomic mass is 10.1. The molecular weight excluding hydrogens is 276 g/mol. The first-order chi connectivity index (χ1) is 9.49. The number of aromatic nitrogens is 1. The number of carboxylic acid groups (broad SMARTS) is 1. The van der Waals surface area contributed by atoms with Gasteiger partial charge in [0.15, 0.2) is 5.54 Å². The predicted molar refractivity (Wildman–Crippen MR) is 78.4 cm³/mol. The molecule has 0 saturated carbocycles. The Morgan fingerprint density at radius 1 is 1.40 bits per heavy atom. The zero-order valence-corrected chi connectivity index (χ0v) is 11.5. The fraction of sp³-hybridized carbons (Fsp3) is 0.214. The van der Waals surface area contributed by atoms with Crippen molar-refractivity contribution in [1.29, 1.82) is 0 Å². The molecule has 2 heterocycles. The zero-order chi connectivity index (χ0) is 14.3. The van der Waals surface area contributed by atoms with Crippen LogP contribution in [-0.4, -0.2) is 37.5 Å². The first kappa shape index (κ1) is 12.9. The molecule has 20 heavy (non-hydrogen) atoms. The van der Waals surface area contributed by atoms with E-state index in [1.54, 1.807) is 13.0 Å². The molecule has 1 aliphatic heterocycles. The van der Waals surface area contributed by atoms with Crippen LogP contribution in [0.4, 0.5) is 0 Å². The van der Waals surface area contributed by atoms with Gasteiger partial charge in [-0.05, 0) is 19.1 Å². The van der Waals surface area contributed by atoms with Crippen molar-refractivity contribution in [2.45, 2.75) is 12.5 Å². The van der Waals surface area contributed by atoms with E-state index >= 15 is 0 Å². The van der Waals surface area contributed by atoms with E-state index in [2.05, 4.69) is 9.98 Å². The number of para-hydroxylation sites is 1. The molecule has 2 aromatic rings. The third-order valence-corrected chi connectivity index (χ3v) is 4.47. The fourth-order valence-electron chi connectivity index (χ4n) is 1.99. The van der Waals surface area contributed by atoms with Crippen molar-refractivity contribution in [1.82, 2.24) is 4.98 Å². The monoisotopic (exact) mass is 288 g/mol. The molecule has 1 aliphatic rings. The summed E-state index contributed by atoms with van der Waals surface area (Å²) in [6, 6.07) is 9.05. The Morgan fingerprint density at radius 3 is 2.85 bits per heavy atom. The van der Waals surface area contributed by atoms with E-state index in [0.717, 1.165) is 10.9 Å². The minimum Gasteiger partial charge on any atom is -0.506 e. The molecule has 6 heteroatoms. The SMILES string of the molecule is CC1(C(=O)O)CSC(c2nc3ccccc3cc2O)=N1. The lowest BCUT2D eigenvalue weighted by Gasteiger charge is -2.11. The van der Waals surface area contributed by atoms with E-state index in [1.165, 1.54) is 11.8 Å². The largest absolute Gasteiger partial charge is 0.506 e. The highest BCUT2D eigenvalue weighted by Crippen LogP contribution is 2.34. The van der Waals surface area contributed by atoms with Crippen LogP contribution in [-0.2, 0) is 4.79 Å². The van der Waals surface area contributed by atoms with Gasteiger partial charge in [0.1, 0.15) is 16.5 Å². The molecule has 0 radical (unpaired) electrons. The second-order valence-electron chi connectivity index (χ2n) is 4.83. The Morgan fingerprint density at radius 2 is 2.15 bits per heavy atom. The number of benzene rings is 1. The average Bonchev–Trinajstić information content (AvgIpc) is 2.82. The number of carboxylic acids is 1. The van der Waals surface area contributed by atoms with Crippen LogP contribution in [0.15, 0.2) is 35.3 Å². The van der Waals surface area contributed by atoms with Gasteiger partial charge in [-0.1, -0.05) is 18.2 Å². The van der Waals surface area contributed by atoms with Crippen LogP contribution in [0, 0.1) is 0 Å². The second kappa shape index (κ2) is 4.49. The van der Waals surface area contributed by atoms with Crippen molar-refractivity contribution in [3.05, 3.63) is 36.0 Å². The summed E-state index contributed by atoms with van der Waals surface area (Å²) in [6.07, 6.45) is 0. The Kier molecular flexibility index (Phi) is 2.90. The molecule has 0 aliphatic carbocycles. The lowest BCUT2D eigenvalue weighted by Crippen LogP contribution is -2.33. The van der Waals surface area contributed by atoms with Gasteiger partial charge in [-0.25, -0.2) is 9.78 Å². The van der Waals surface area contributed by atoms with Crippen molar-refractivity contribution in [3.8, 4) is 5.75 Å². The van der Waals surface area contributed by atoms with Crippen LogP contribution in [0.2, 0.25) is 0 Å². The van der Waals surface area contributed by atoms with Crippen LogP contribution in [0.5, 0.6) is 5.75 Å². The summed E-state index contributed by atoms with van der Waals surface area (Å²) in [5, 5.41) is 20.6. The van der Waals surface area contributed by atoms with Crippen LogP contribution in [0.25, 0.3) is 10.9 Å². The number of fused-ring (bicyclic) bond motifs is 1. The van der Waals surface area contributed by atoms with Crippen molar-refractivity contribution in [2.24, 2.45) is 4.99 Å². The minimum absolute atomic E-state index is 0.0181. The second-order valence-corrected chi connectivity index (χ2v) is 5.80. The average molecular weight is 288 g/mol. The van der Waals surface area contributed by atoms with Gasteiger partial charge in [-0.2, -0.15) is 0 Å². The summed E-state index contributed by atoms with van der Waals surface area (Å²) in [6.45, 7) is 1.56. The van der Waals surface area contributed by atoms with E-state index in [-0.39, 0.29) is 5.75 Å². The predicted octanol–water partition coefficient (Wildman–Crippen LogP) is 2.28. The minimum atomic E-state index is -1.15. The van der Waals surface area contributed by atoms with Crippen LogP contribution in [0.1, 0.15) is 12.6 Å². The van der Waals surface area contributed by atoms with Gasteiger partial charge >= 0.3 is 5.97 Å². The van der Waals surface area contributed by atoms with Gasteiger partial charge in [0.05, 0.1) is 5.52 Å². The summed E-state index contributed by atoms with van der Waals surface area (Å²) in [5.74, 6) is -0.615. The summed E-state index contributed by atoms with van der Waals surface area (Å²) in [5.41, 5.74) is -0.0639. The number of rotatable bonds is 2. The summed E-state index contributed by atoms with van der Waals surface area (Å²) < 4.78 is 0. The maximum atomic E-state index is 11.2. The van der Waals surface area contributed by atoms with E-state index in [9.17, 15) is 15.0 Å². The highest BCUT2D eigenvalue weighted by molar-refractivity contribution is 8.14. The van der Waals surface area contributed by atoms with Gasteiger partial charge in [-0.3, -0.25) is 4.99 Å². The summed E-state index contributed by atoms with van der Waals surface area (Å²) >= 11 is 1.30. The molecule has 2 N–H and O–H groups in total. The number of aliphatic carboxylic acids is 1.